The lowest BCUT2D eigenvalue weighted by molar-refractivity contribution is 0.102. The summed E-state index contributed by atoms with van der Waals surface area (Å²) in [5.74, 6) is -0.502. The molecule has 0 aliphatic carbocycles. The van der Waals surface area contributed by atoms with Gasteiger partial charge < -0.3 is 9.88 Å². The number of carbonyl (C=O) groups is 1. The summed E-state index contributed by atoms with van der Waals surface area (Å²) >= 11 is 6.22. The van der Waals surface area contributed by atoms with E-state index < -0.39 is 5.91 Å². The van der Waals surface area contributed by atoms with Gasteiger partial charge in [-0.05, 0) is 43.7 Å². The zero-order valence-corrected chi connectivity index (χ0v) is 18.0. The number of nitrogens with one attached hydrogen (secondary N) is 1. The zero-order valence-electron chi connectivity index (χ0n) is 17.2. The summed E-state index contributed by atoms with van der Waals surface area (Å²) in [4.78, 5) is 26.4. The third kappa shape index (κ3) is 4.16. The van der Waals surface area contributed by atoms with Crippen LogP contribution in [-0.2, 0) is 0 Å². The molecule has 5 heteroatoms. The number of aromatic nitrogens is 1. The highest BCUT2D eigenvalue weighted by molar-refractivity contribution is 6.34. The van der Waals surface area contributed by atoms with E-state index in [4.69, 9.17) is 11.6 Å². The van der Waals surface area contributed by atoms with E-state index in [9.17, 15) is 9.59 Å². The molecular formula is C26H21ClN2O2. The van der Waals surface area contributed by atoms with Crippen LogP contribution in [0.1, 0.15) is 21.6 Å². The first-order valence-corrected chi connectivity index (χ1v) is 10.3. The topological polar surface area (TPSA) is 51.1 Å². The molecule has 0 fully saturated rings. The summed E-state index contributed by atoms with van der Waals surface area (Å²) < 4.78 is 1.94. The number of pyridine rings is 1. The molecule has 4 nitrogen and oxygen atoms in total. The number of halogens is 1. The molecule has 1 N–H and O–H groups in total. The Kier molecular flexibility index (Phi) is 5.74. The monoisotopic (exact) mass is 428 g/mol. The van der Waals surface area contributed by atoms with Crippen LogP contribution in [0.25, 0.3) is 16.9 Å². The second-order valence-corrected chi connectivity index (χ2v) is 7.75. The minimum absolute atomic E-state index is 0.0669. The molecule has 4 aromatic rings. The predicted octanol–water partition coefficient (Wildman–Crippen LogP) is 6.03. The van der Waals surface area contributed by atoms with Gasteiger partial charge in [0.1, 0.15) is 5.56 Å². The number of amides is 1. The Morgan fingerprint density at radius 3 is 2.19 bits per heavy atom. The molecule has 0 radical (unpaired) electrons. The minimum atomic E-state index is -0.502. The van der Waals surface area contributed by atoms with Gasteiger partial charge in [-0.3, -0.25) is 9.59 Å². The van der Waals surface area contributed by atoms with Crippen LogP contribution in [0.4, 0.5) is 5.69 Å². The summed E-state index contributed by atoms with van der Waals surface area (Å²) in [6.45, 7) is 3.88. The summed E-state index contributed by atoms with van der Waals surface area (Å²) in [7, 11) is 0. The number of benzene rings is 3. The third-order valence-electron chi connectivity index (χ3n) is 5.09. The number of hydrogen-bond acceptors (Lipinski definition) is 2. The molecule has 0 saturated carbocycles. The first-order chi connectivity index (χ1) is 15.0. The van der Waals surface area contributed by atoms with E-state index in [1.54, 1.807) is 24.3 Å². The first kappa shape index (κ1) is 20.6. The summed E-state index contributed by atoms with van der Waals surface area (Å²) in [6.07, 6.45) is 0. The molecular weight excluding hydrogens is 408 g/mol. The Morgan fingerprint density at radius 2 is 1.52 bits per heavy atom. The lowest BCUT2D eigenvalue weighted by Gasteiger charge is -2.21. The van der Waals surface area contributed by atoms with E-state index in [-0.39, 0.29) is 11.0 Å². The SMILES string of the molecule is Cc1ccc(-n2c(C)cc(=O)c(C(=O)Nc3ccccc3Cl)c2-c2ccccc2)cc1. The molecule has 0 saturated heterocycles. The van der Waals surface area contributed by atoms with Crippen molar-refractivity contribution in [1.82, 2.24) is 4.57 Å². The Balaban J connectivity index is 1.97. The highest BCUT2D eigenvalue weighted by Gasteiger charge is 2.23. The zero-order chi connectivity index (χ0) is 22.0. The van der Waals surface area contributed by atoms with E-state index in [1.165, 1.54) is 6.07 Å². The Labute approximate surface area is 185 Å². The molecule has 31 heavy (non-hydrogen) atoms. The van der Waals surface area contributed by atoms with Crippen LogP contribution in [0.2, 0.25) is 5.02 Å². The molecule has 0 atom stereocenters. The van der Waals surface area contributed by atoms with Crippen LogP contribution in [0.3, 0.4) is 0 Å². The van der Waals surface area contributed by atoms with Gasteiger partial charge in [0.15, 0.2) is 5.43 Å². The maximum absolute atomic E-state index is 13.3. The summed E-state index contributed by atoms with van der Waals surface area (Å²) in [6, 6.07) is 25.9. The normalized spacial score (nSPS) is 10.7. The average Bonchev–Trinajstić information content (AvgIpc) is 2.76. The number of para-hydroxylation sites is 1. The Morgan fingerprint density at radius 1 is 0.871 bits per heavy atom. The van der Waals surface area contributed by atoms with Gasteiger partial charge in [-0.25, -0.2) is 0 Å². The minimum Gasteiger partial charge on any atom is -0.320 e. The van der Waals surface area contributed by atoms with Gasteiger partial charge in [-0.2, -0.15) is 0 Å². The number of carbonyl (C=O) groups excluding carboxylic acids is 1. The number of nitrogens with zero attached hydrogens (tertiary/aromatic N) is 1. The number of hydrogen-bond donors (Lipinski definition) is 1. The highest BCUT2D eigenvalue weighted by atomic mass is 35.5. The van der Waals surface area contributed by atoms with Crippen molar-refractivity contribution < 1.29 is 4.79 Å². The Bertz CT molecular complexity index is 1310. The van der Waals surface area contributed by atoms with Crippen molar-refractivity contribution in [3.63, 3.8) is 0 Å². The largest absolute Gasteiger partial charge is 0.320 e. The van der Waals surface area contributed by atoms with Crippen LogP contribution in [0.5, 0.6) is 0 Å². The van der Waals surface area contributed by atoms with Crippen molar-refractivity contribution in [2.75, 3.05) is 5.32 Å². The van der Waals surface area contributed by atoms with E-state index in [1.807, 2.05) is 73.0 Å². The van der Waals surface area contributed by atoms with Crippen molar-refractivity contribution >= 4 is 23.2 Å². The number of aryl methyl sites for hydroxylation is 2. The number of anilines is 1. The fourth-order valence-electron chi connectivity index (χ4n) is 3.59. The van der Waals surface area contributed by atoms with Crippen LogP contribution < -0.4 is 10.7 Å². The fraction of sp³-hybridized carbons (Fsp3) is 0.0769. The third-order valence-corrected chi connectivity index (χ3v) is 5.42. The van der Waals surface area contributed by atoms with E-state index >= 15 is 0 Å². The van der Waals surface area contributed by atoms with Gasteiger partial charge in [0, 0.05) is 17.4 Å². The molecule has 0 aliphatic heterocycles. The molecule has 4 rings (SSSR count). The average molecular weight is 429 g/mol. The van der Waals surface area contributed by atoms with Crippen LogP contribution >= 0.6 is 11.6 Å². The van der Waals surface area contributed by atoms with Crippen LogP contribution in [-0.4, -0.2) is 10.5 Å². The predicted molar refractivity (Wildman–Crippen MR) is 126 cm³/mol. The molecule has 0 spiro atoms. The molecule has 3 aromatic carbocycles. The van der Waals surface area contributed by atoms with Crippen molar-refractivity contribution in [3.05, 3.63) is 117 Å². The van der Waals surface area contributed by atoms with Crippen molar-refractivity contribution in [2.45, 2.75) is 13.8 Å². The van der Waals surface area contributed by atoms with E-state index in [2.05, 4.69) is 5.32 Å². The smallest absolute Gasteiger partial charge is 0.261 e. The molecule has 0 unspecified atom stereocenters. The lowest BCUT2D eigenvalue weighted by atomic mass is 10.0. The van der Waals surface area contributed by atoms with Crippen LogP contribution in [0.15, 0.2) is 89.7 Å². The van der Waals surface area contributed by atoms with Crippen LogP contribution in [0, 0.1) is 13.8 Å². The second kappa shape index (κ2) is 8.62. The molecule has 0 bridgehead atoms. The van der Waals surface area contributed by atoms with Gasteiger partial charge in [-0.1, -0.05) is 71.8 Å². The molecule has 1 aromatic heterocycles. The van der Waals surface area contributed by atoms with E-state index in [0.717, 1.165) is 22.5 Å². The van der Waals surface area contributed by atoms with Crippen molar-refractivity contribution in [1.29, 1.82) is 0 Å². The lowest BCUT2D eigenvalue weighted by Crippen LogP contribution is -2.26. The summed E-state index contributed by atoms with van der Waals surface area (Å²) in [5.41, 5.74) is 4.22. The molecule has 0 aliphatic rings. The fourth-order valence-corrected chi connectivity index (χ4v) is 3.78. The molecule has 154 valence electrons. The maximum Gasteiger partial charge on any atom is 0.261 e. The van der Waals surface area contributed by atoms with Gasteiger partial charge >= 0.3 is 0 Å². The first-order valence-electron chi connectivity index (χ1n) is 9.90. The second-order valence-electron chi connectivity index (χ2n) is 7.34. The Hall–Kier alpha value is -3.63. The summed E-state index contributed by atoms with van der Waals surface area (Å²) in [5, 5.41) is 3.21. The standard InChI is InChI=1S/C26H21ClN2O2/c1-17-12-14-20(15-13-17)29-18(2)16-23(30)24(25(29)19-8-4-3-5-9-19)26(31)28-22-11-7-6-10-21(22)27/h3-16H,1-2H3,(H,28,31). The van der Waals surface area contributed by atoms with Gasteiger partial charge in [0.2, 0.25) is 0 Å². The maximum atomic E-state index is 13.3. The van der Waals surface area contributed by atoms with Crippen molar-refractivity contribution in [3.8, 4) is 16.9 Å². The quantitative estimate of drug-likeness (QED) is 0.431. The van der Waals surface area contributed by atoms with Crippen molar-refractivity contribution in [2.24, 2.45) is 0 Å². The molecule has 1 heterocycles. The number of rotatable bonds is 4. The molecule has 1 amide bonds. The van der Waals surface area contributed by atoms with Gasteiger partial charge in [0.05, 0.1) is 16.4 Å². The highest BCUT2D eigenvalue weighted by Crippen LogP contribution is 2.28. The van der Waals surface area contributed by atoms with Gasteiger partial charge in [-0.15, -0.1) is 0 Å². The van der Waals surface area contributed by atoms with E-state index in [0.29, 0.717) is 16.4 Å². The van der Waals surface area contributed by atoms with Gasteiger partial charge in [0.25, 0.3) is 5.91 Å².